The zero-order valence-electron chi connectivity index (χ0n) is 10.3. The van der Waals surface area contributed by atoms with Crippen molar-refractivity contribution < 1.29 is 8.42 Å². The molecule has 2 atom stereocenters. The van der Waals surface area contributed by atoms with Crippen molar-refractivity contribution in [3.8, 4) is 0 Å². The molecule has 0 bridgehead atoms. The Morgan fingerprint density at radius 3 is 2.35 bits per heavy atom. The summed E-state index contributed by atoms with van der Waals surface area (Å²) in [6, 6.07) is 9.26. The number of hydrogen-bond acceptors (Lipinski definition) is 2. The molecule has 4 heteroatoms. The first kappa shape index (κ1) is 14.6. The van der Waals surface area contributed by atoms with Gasteiger partial charge in [0.2, 0.25) is 0 Å². The molecule has 1 aromatic rings. The summed E-state index contributed by atoms with van der Waals surface area (Å²) in [4.78, 5) is 0.773. The van der Waals surface area contributed by atoms with E-state index in [2.05, 4.69) is 6.92 Å². The molecule has 1 aromatic carbocycles. The predicted molar refractivity (Wildman–Crippen MR) is 74.9 cm³/mol. The number of unbranched alkanes of at least 4 members (excludes halogenated alkanes) is 3. The van der Waals surface area contributed by atoms with Gasteiger partial charge < -0.3 is 0 Å². The lowest BCUT2D eigenvalue weighted by molar-refractivity contribution is 0.668. The standard InChI is InChI=1S/C13H20O2S2/c1-2-3-4-8-11-16(14)12-17(15)13-9-6-5-7-10-13/h5-7,9-10H,2-4,8,11-12H2,1H3/t16-,17-/m0/s1. The normalized spacial score (nSPS) is 14.4. The van der Waals surface area contributed by atoms with Crippen LogP contribution in [-0.2, 0) is 21.6 Å². The van der Waals surface area contributed by atoms with Crippen molar-refractivity contribution in [3.05, 3.63) is 30.3 Å². The molecule has 0 aromatic heterocycles. The summed E-state index contributed by atoms with van der Waals surface area (Å²) in [6.07, 6.45) is 4.48. The molecule has 2 nitrogen and oxygen atoms in total. The van der Waals surface area contributed by atoms with Gasteiger partial charge in [0, 0.05) is 21.4 Å². The summed E-state index contributed by atoms with van der Waals surface area (Å²) in [7, 11) is -2.08. The van der Waals surface area contributed by atoms with Crippen molar-refractivity contribution in [1.82, 2.24) is 0 Å². The molecule has 0 N–H and O–H groups in total. The number of hydrogen-bond donors (Lipinski definition) is 0. The van der Waals surface area contributed by atoms with Crippen molar-refractivity contribution in [2.75, 3.05) is 10.8 Å². The third-order valence-corrected chi connectivity index (χ3v) is 5.92. The van der Waals surface area contributed by atoms with E-state index in [-0.39, 0.29) is 5.08 Å². The summed E-state index contributed by atoms with van der Waals surface area (Å²) < 4.78 is 23.6. The molecule has 0 saturated carbocycles. The second kappa shape index (κ2) is 8.59. The monoisotopic (exact) mass is 272 g/mol. The molecule has 0 aliphatic heterocycles. The molecule has 17 heavy (non-hydrogen) atoms. The Hall–Kier alpha value is -0.480. The molecular formula is C13H20O2S2. The molecule has 0 aliphatic rings. The fraction of sp³-hybridized carbons (Fsp3) is 0.538. The van der Waals surface area contributed by atoms with Crippen LogP contribution in [0.25, 0.3) is 0 Å². The van der Waals surface area contributed by atoms with Crippen LogP contribution in [0.2, 0.25) is 0 Å². The molecule has 0 aliphatic carbocycles. The van der Waals surface area contributed by atoms with E-state index in [9.17, 15) is 8.42 Å². The largest absolute Gasteiger partial charge is 0.259 e. The molecule has 0 heterocycles. The molecule has 0 amide bonds. The van der Waals surface area contributed by atoms with Crippen molar-refractivity contribution in [2.24, 2.45) is 0 Å². The highest BCUT2D eigenvalue weighted by Crippen LogP contribution is 2.08. The Morgan fingerprint density at radius 1 is 1.00 bits per heavy atom. The van der Waals surface area contributed by atoms with Crippen LogP contribution < -0.4 is 0 Å². The third-order valence-electron chi connectivity index (χ3n) is 2.47. The maximum Gasteiger partial charge on any atom is 0.104 e. The van der Waals surface area contributed by atoms with Crippen molar-refractivity contribution >= 4 is 21.6 Å². The summed E-state index contributed by atoms with van der Waals surface area (Å²) in [5.74, 6) is 0.679. The van der Waals surface area contributed by atoms with Gasteiger partial charge in [-0.2, -0.15) is 0 Å². The smallest absolute Gasteiger partial charge is 0.104 e. The highest BCUT2D eigenvalue weighted by molar-refractivity contribution is 8.01. The van der Waals surface area contributed by atoms with Crippen molar-refractivity contribution in [3.63, 3.8) is 0 Å². The van der Waals surface area contributed by atoms with Crippen LogP contribution in [0.3, 0.4) is 0 Å². The minimum absolute atomic E-state index is 0.274. The first-order valence-electron chi connectivity index (χ1n) is 6.02. The third kappa shape index (κ3) is 6.13. The Morgan fingerprint density at radius 2 is 1.71 bits per heavy atom. The molecule has 0 saturated heterocycles. The second-order valence-corrected chi connectivity index (χ2v) is 7.37. The van der Waals surface area contributed by atoms with Crippen molar-refractivity contribution in [1.29, 1.82) is 0 Å². The van der Waals surface area contributed by atoms with E-state index in [0.29, 0.717) is 5.75 Å². The fourth-order valence-electron chi connectivity index (χ4n) is 1.51. The summed E-state index contributed by atoms with van der Waals surface area (Å²) in [6.45, 7) is 2.15. The Bertz CT molecular complexity index is 363. The Balaban J connectivity index is 2.29. The quantitative estimate of drug-likeness (QED) is 0.682. The minimum Gasteiger partial charge on any atom is -0.259 e. The lowest BCUT2D eigenvalue weighted by Crippen LogP contribution is -2.08. The van der Waals surface area contributed by atoms with Gasteiger partial charge in [-0.1, -0.05) is 44.4 Å². The van der Waals surface area contributed by atoms with Crippen LogP contribution in [0.1, 0.15) is 32.6 Å². The van der Waals surface area contributed by atoms with E-state index in [1.165, 1.54) is 12.8 Å². The maximum atomic E-state index is 11.9. The van der Waals surface area contributed by atoms with Gasteiger partial charge in [-0.3, -0.25) is 8.42 Å². The van der Waals surface area contributed by atoms with E-state index < -0.39 is 21.6 Å². The van der Waals surface area contributed by atoms with Gasteiger partial charge in [-0.25, -0.2) is 0 Å². The summed E-state index contributed by atoms with van der Waals surface area (Å²) in [5.41, 5.74) is 0. The molecular weight excluding hydrogens is 252 g/mol. The van der Waals surface area contributed by atoms with Gasteiger partial charge >= 0.3 is 0 Å². The van der Waals surface area contributed by atoms with E-state index in [1.54, 1.807) is 0 Å². The van der Waals surface area contributed by atoms with Gasteiger partial charge in [0.1, 0.15) is 5.08 Å². The van der Waals surface area contributed by atoms with Crippen molar-refractivity contribution in [2.45, 2.75) is 37.5 Å². The Kier molecular flexibility index (Phi) is 7.37. The minimum atomic E-state index is -1.12. The predicted octanol–water partition coefficient (Wildman–Crippen LogP) is 3.08. The highest BCUT2D eigenvalue weighted by Gasteiger charge is 2.08. The van der Waals surface area contributed by atoms with Crippen LogP contribution in [0.5, 0.6) is 0 Å². The average molecular weight is 272 g/mol. The van der Waals surface area contributed by atoms with Crippen LogP contribution in [0, 0.1) is 0 Å². The molecule has 0 spiro atoms. The summed E-state index contributed by atoms with van der Waals surface area (Å²) in [5, 5.41) is 0.274. The van der Waals surface area contributed by atoms with Gasteiger partial charge in [0.05, 0.1) is 10.8 Å². The van der Waals surface area contributed by atoms with Crippen LogP contribution in [0.15, 0.2) is 35.2 Å². The summed E-state index contributed by atoms with van der Waals surface area (Å²) >= 11 is 0. The zero-order valence-corrected chi connectivity index (χ0v) is 11.9. The van der Waals surface area contributed by atoms with Crippen LogP contribution in [0.4, 0.5) is 0 Å². The van der Waals surface area contributed by atoms with E-state index in [0.717, 1.165) is 17.7 Å². The van der Waals surface area contributed by atoms with Gasteiger partial charge in [0.15, 0.2) is 0 Å². The second-order valence-electron chi connectivity index (χ2n) is 3.98. The lowest BCUT2D eigenvalue weighted by atomic mass is 10.2. The van der Waals surface area contributed by atoms with E-state index >= 15 is 0 Å². The first-order chi connectivity index (χ1) is 8.24. The molecule has 0 radical (unpaired) electrons. The van der Waals surface area contributed by atoms with Gasteiger partial charge in [0.25, 0.3) is 0 Å². The van der Waals surface area contributed by atoms with Gasteiger partial charge in [-0.05, 0) is 18.6 Å². The number of rotatable bonds is 8. The van der Waals surface area contributed by atoms with Crippen LogP contribution >= 0.6 is 0 Å². The highest BCUT2D eigenvalue weighted by atomic mass is 32.2. The topological polar surface area (TPSA) is 34.1 Å². The Labute approximate surface area is 109 Å². The molecule has 96 valence electrons. The molecule has 0 fully saturated rings. The fourth-order valence-corrected chi connectivity index (χ4v) is 4.47. The zero-order chi connectivity index (χ0) is 12.5. The average Bonchev–Trinajstić information content (AvgIpc) is 2.36. The first-order valence-corrected chi connectivity index (χ1v) is 8.83. The molecule has 1 rings (SSSR count). The molecule has 0 unspecified atom stereocenters. The van der Waals surface area contributed by atoms with Crippen LogP contribution in [-0.4, -0.2) is 19.3 Å². The number of benzene rings is 1. The van der Waals surface area contributed by atoms with Gasteiger partial charge in [-0.15, -0.1) is 0 Å². The SMILES string of the molecule is CCCCCC[S@](=O)C[S@](=O)c1ccccc1. The lowest BCUT2D eigenvalue weighted by Gasteiger charge is -2.03. The van der Waals surface area contributed by atoms with E-state index in [4.69, 9.17) is 0 Å². The maximum absolute atomic E-state index is 11.9. The van der Waals surface area contributed by atoms with E-state index in [1.807, 2.05) is 30.3 Å².